The Balaban J connectivity index is 2.14. The second-order valence-electron chi connectivity index (χ2n) is 4.89. The van der Waals surface area contributed by atoms with E-state index in [4.69, 9.17) is 10.2 Å². The van der Waals surface area contributed by atoms with Crippen LogP contribution in [0.15, 0.2) is 16.7 Å². The Labute approximate surface area is 99.7 Å². The van der Waals surface area contributed by atoms with E-state index in [1.54, 1.807) is 18.3 Å². The van der Waals surface area contributed by atoms with Gasteiger partial charge in [-0.2, -0.15) is 5.10 Å². The Morgan fingerprint density at radius 2 is 2.12 bits per heavy atom. The molecule has 0 radical (unpaired) electrons. The molecular weight excluding hydrogens is 216 g/mol. The molecule has 0 bridgehead atoms. The summed E-state index contributed by atoms with van der Waals surface area (Å²) >= 11 is 0. The van der Waals surface area contributed by atoms with Gasteiger partial charge in [-0.1, -0.05) is 20.8 Å². The van der Waals surface area contributed by atoms with Gasteiger partial charge in [-0.15, -0.1) is 0 Å². The van der Waals surface area contributed by atoms with E-state index in [0.717, 1.165) is 11.5 Å². The van der Waals surface area contributed by atoms with Crippen molar-refractivity contribution in [3.05, 3.63) is 29.6 Å². The minimum absolute atomic E-state index is 0.0303. The number of hydrogen-bond donors (Lipinski definition) is 2. The van der Waals surface area contributed by atoms with Crippen LogP contribution in [0.2, 0.25) is 0 Å². The van der Waals surface area contributed by atoms with Gasteiger partial charge in [-0.05, 0) is 6.08 Å². The van der Waals surface area contributed by atoms with Crippen LogP contribution in [0.25, 0.3) is 12.2 Å². The van der Waals surface area contributed by atoms with Gasteiger partial charge in [0.25, 0.3) is 0 Å². The maximum absolute atomic E-state index is 5.61. The maximum Gasteiger partial charge on any atom is 0.218 e. The lowest BCUT2D eigenvalue weighted by Crippen LogP contribution is -2.09. The highest BCUT2D eigenvalue weighted by Crippen LogP contribution is 2.23. The summed E-state index contributed by atoms with van der Waals surface area (Å²) in [7, 11) is 0. The number of nitrogens with zero attached hydrogens (tertiary/aromatic N) is 2. The fourth-order valence-electron chi connectivity index (χ4n) is 1.31. The van der Waals surface area contributed by atoms with Gasteiger partial charge >= 0.3 is 0 Å². The van der Waals surface area contributed by atoms with Crippen LogP contribution in [0, 0.1) is 0 Å². The quantitative estimate of drug-likeness (QED) is 0.833. The van der Waals surface area contributed by atoms with Crippen LogP contribution >= 0.6 is 0 Å². The number of nitrogens with one attached hydrogen (secondary N) is 1. The van der Waals surface area contributed by atoms with Crippen LogP contribution in [0.4, 0.5) is 5.82 Å². The summed E-state index contributed by atoms with van der Waals surface area (Å²) < 4.78 is 5.61. The van der Waals surface area contributed by atoms with Crippen molar-refractivity contribution in [1.82, 2.24) is 15.2 Å². The van der Waals surface area contributed by atoms with E-state index in [1.165, 1.54) is 0 Å². The molecule has 90 valence electrons. The molecule has 0 fully saturated rings. The van der Waals surface area contributed by atoms with Crippen molar-refractivity contribution in [2.24, 2.45) is 0 Å². The smallest absolute Gasteiger partial charge is 0.218 e. The van der Waals surface area contributed by atoms with Gasteiger partial charge in [-0.25, -0.2) is 4.98 Å². The largest absolute Gasteiger partial charge is 0.441 e. The van der Waals surface area contributed by atoms with Gasteiger partial charge in [0.15, 0.2) is 0 Å². The zero-order valence-electron chi connectivity index (χ0n) is 10.2. The number of hydrogen-bond acceptors (Lipinski definition) is 4. The average Bonchev–Trinajstić information content (AvgIpc) is 2.82. The Morgan fingerprint density at radius 1 is 1.35 bits per heavy atom. The minimum Gasteiger partial charge on any atom is -0.441 e. The van der Waals surface area contributed by atoms with Crippen molar-refractivity contribution in [3.63, 3.8) is 0 Å². The number of oxazole rings is 1. The zero-order chi connectivity index (χ0) is 12.5. The minimum atomic E-state index is -0.0303. The molecule has 0 aromatic carbocycles. The fourth-order valence-corrected chi connectivity index (χ4v) is 1.31. The van der Waals surface area contributed by atoms with Gasteiger partial charge in [0, 0.05) is 17.6 Å². The third kappa shape index (κ3) is 2.75. The summed E-state index contributed by atoms with van der Waals surface area (Å²) in [4.78, 5) is 4.19. The van der Waals surface area contributed by atoms with Crippen LogP contribution < -0.4 is 5.73 Å². The lowest BCUT2D eigenvalue weighted by Gasteiger charge is -2.12. The monoisotopic (exact) mass is 232 g/mol. The van der Waals surface area contributed by atoms with Crippen LogP contribution in [0.5, 0.6) is 0 Å². The van der Waals surface area contributed by atoms with Crippen LogP contribution in [0.3, 0.4) is 0 Å². The van der Waals surface area contributed by atoms with E-state index in [2.05, 4.69) is 36.0 Å². The first-order chi connectivity index (χ1) is 7.95. The molecule has 0 saturated heterocycles. The van der Waals surface area contributed by atoms with E-state index in [0.29, 0.717) is 11.7 Å². The van der Waals surface area contributed by atoms with Gasteiger partial charge in [0.1, 0.15) is 11.6 Å². The van der Waals surface area contributed by atoms with Crippen molar-refractivity contribution in [2.75, 3.05) is 5.73 Å². The van der Waals surface area contributed by atoms with Crippen molar-refractivity contribution < 1.29 is 4.42 Å². The van der Waals surface area contributed by atoms with Crippen molar-refractivity contribution in [2.45, 2.75) is 26.2 Å². The molecule has 2 heterocycles. The number of aromatic nitrogens is 3. The molecule has 2 aromatic heterocycles. The maximum atomic E-state index is 5.61. The molecule has 3 N–H and O–H groups in total. The molecule has 0 aliphatic rings. The first-order valence-electron chi connectivity index (χ1n) is 5.40. The summed E-state index contributed by atoms with van der Waals surface area (Å²) in [5, 5.41) is 6.61. The lowest BCUT2D eigenvalue weighted by atomic mass is 9.94. The molecule has 0 atom stereocenters. The SMILES string of the molecule is CC(C)(C)c1cnc(/C=C/c2cc(N)n[nH]2)o1. The van der Waals surface area contributed by atoms with Crippen LogP contribution in [-0.2, 0) is 5.41 Å². The Hall–Kier alpha value is -2.04. The Bertz CT molecular complexity index is 531. The fraction of sp³-hybridized carbons (Fsp3) is 0.333. The molecule has 17 heavy (non-hydrogen) atoms. The third-order valence-electron chi connectivity index (χ3n) is 2.29. The number of nitrogen functional groups attached to an aromatic ring is 1. The highest BCUT2D eigenvalue weighted by Gasteiger charge is 2.18. The Morgan fingerprint density at radius 3 is 2.65 bits per heavy atom. The summed E-state index contributed by atoms with van der Waals surface area (Å²) in [5.41, 5.74) is 6.28. The standard InChI is InChI=1S/C12H16N4O/c1-12(2,3)9-7-14-11(17-9)5-4-8-6-10(13)16-15-8/h4-7H,1-3H3,(H3,13,15,16)/b5-4+. The van der Waals surface area contributed by atoms with E-state index in [9.17, 15) is 0 Å². The van der Waals surface area contributed by atoms with E-state index in [-0.39, 0.29) is 5.41 Å². The molecule has 0 saturated carbocycles. The Kier molecular flexibility index (Phi) is 2.75. The van der Waals surface area contributed by atoms with E-state index >= 15 is 0 Å². The second kappa shape index (κ2) is 4.08. The predicted molar refractivity (Wildman–Crippen MR) is 67.1 cm³/mol. The second-order valence-corrected chi connectivity index (χ2v) is 4.89. The predicted octanol–water partition coefficient (Wildman–Crippen LogP) is 2.45. The average molecular weight is 232 g/mol. The van der Waals surface area contributed by atoms with Gasteiger partial charge < -0.3 is 10.2 Å². The van der Waals surface area contributed by atoms with Crippen molar-refractivity contribution in [1.29, 1.82) is 0 Å². The highest BCUT2D eigenvalue weighted by atomic mass is 16.4. The first kappa shape index (κ1) is 11.4. The number of anilines is 1. The summed E-state index contributed by atoms with van der Waals surface area (Å²) in [5.74, 6) is 1.90. The van der Waals surface area contributed by atoms with Crippen molar-refractivity contribution in [3.8, 4) is 0 Å². The molecule has 0 aliphatic heterocycles. The number of rotatable bonds is 2. The first-order valence-corrected chi connectivity index (χ1v) is 5.40. The van der Waals surface area contributed by atoms with Gasteiger partial charge in [-0.3, -0.25) is 5.10 Å². The lowest BCUT2D eigenvalue weighted by molar-refractivity contribution is 0.403. The molecule has 0 spiro atoms. The van der Waals surface area contributed by atoms with Gasteiger partial charge in [0.05, 0.1) is 11.9 Å². The van der Waals surface area contributed by atoms with Crippen LogP contribution in [-0.4, -0.2) is 15.2 Å². The van der Waals surface area contributed by atoms with Gasteiger partial charge in [0.2, 0.25) is 5.89 Å². The molecule has 2 rings (SSSR count). The van der Waals surface area contributed by atoms with E-state index in [1.807, 2.05) is 6.08 Å². The number of aromatic amines is 1. The van der Waals surface area contributed by atoms with Crippen molar-refractivity contribution >= 4 is 18.0 Å². The summed E-state index contributed by atoms with van der Waals surface area (Å²) in [6.07, 6.45) is 5.35. The molecule has 0 amide bonds. The normalized spacial score (nSPS) is 12.4. The zero-order valence-corrected chi connectivity index (χ0v) is 10.2. The molecule has 0 aliphatic carbocycles. The number of H-pyrrole nitrogens is 1. The third-order valence-corrected chi connectivity index (χ3v) is 2.29. The molecular formula is C12H16N4O. The summed E-state index contributed by atoms with van der Waals surface area (Å²) in [6.45, 7) is 6.24. The molecule has 5 heteroatoms. The van der Waals surface area contributed by atoms with E-state index < -0.39 is 0 Å². The topological polar surface area (TPSA) is 80.7 Å². The molecule has 0 unspecified atom stereocenters. The van der Waals surface area contributed by atoms with Crippen LogP contribution in [0.1, 0.15) is 38.1 Å². The molecule has 2 aromatic rings. The number of nitrogens with two attached hydrogens (primary N) is 1. The highest BCUT2D eigenvalue weighted by molar-refractivity contribution is 5.65. The molecule has 5 nitrogen and oxygen atoms in total. The summed E-state index contributed by atoms with van der Waals surface area (Å²) in [6, 6.07) is 1.74.